The lowest BCUT2D eigenvalue weighted by molar-refractivity contribution is 0.0944. The Labute approximate surface area is 163 Å². The van der Waals surface area contributed by atoms with E-state index in [1.54, 1.807) is 11.5 Å². The van der Waals surface area contributed by atoms with Gasteiger partial charge >= 0.3 is 0 Å². The van der Waals surface area contributed by atoms with Crippen LogP contribution in [0.5, 0.6) is 5.75 Å². The van der Waals surface area contributed by atoms with Gasteiger partial charge in [-0.25, -0.2) is 4.63 Å². The highest BCUT2D eigenvalue weighted by molar-refractivity contribution is 5.98. The number of aryl methyl sites for hydroxylation is 1. The maximum atomic E-state index is 13.0. The molecule has 28 heavy (non-hydrogen) atoms. The molecule has 3 rings (SSSR count). The highest BCUT2D eigenvalue weighted by atomic mass is 16.6. The predicted octanol–water partition coefficient (Wildman–Crippen LogP) is 0.992. The molecular weight excluding hydrogens is 362 g/mol. The monoisotopic (exact) mass is 389 g/mol. The number of pyridine rings is 1. The molecule has 0 bridgehead atoms. The summed E-state index contributed by atoms with van der Waals surface area (Å²) in [4.78, 5) is 27.9. The molecule has 0 spiro atoms. The second kappa shape index (κ2) is 8.55. The van der Waals surface area contributed by atoms with Crippen molar-refractivity contribution < 1.29 is 14.2 Å². The first-order chi connectivity index (χ1) is 13.4. The van der Waals surface area contributed by atoms with Crippen molar-refractivity contribution in [2.75, 3.05) is 26.7 Å². The first-order valence-electron chi connectivity index (χ1n) is 9.50. The lowest BCUT2D eigenvalue weighted by Gasteiger charge is -2.21. The molecule has 1 aliphatic rings. The van der Waals surface area contributed by atoms with Crippen LogP contribution in [0.25, 0.3) is 0 Å². The first kappa shape index (κ1) is 20.1. The maximum absolute atomic E-state index is 13.0. The molecule has 1 aliphatic heterocycles. The number of hydrogen-bond acceptors (Lipinski definition) is 7. The summed E-state index contributed by atoms with van der Waals surface area (Å²) in [5.41, 5.74) is 2.16. The molecule has 0 unspecified atom stereocenters. The number of hydrogen-bond donors (Lipinski definition) is 1. The van der Waals surface area contributed by atoms with Gasteiger partial charge in [0, 0.05) is 44.4 Å². The zero-order chi connectivity index (χ0) is 20.3. The molecule has 0 radical (unpaired) electrons. The predicted molar refractivity (Wildman–Crippen MR) is 102 cm³/mol. The average molecular weight is 389 g/mol. The zero-order valence-corrected chi connectivity index (χ0v) is 16.8. The maximum Gasteiger partial charge on any atom is 0.257 e. The van der Waals surface area contributed by atoms with E-state index >= 15 is 0 Å². The minimum absolute atomic E-state index is 0.147. The molecule has 0 saturated heterocycles. The molecule has 0 saturated carbocycles. The van der Waals surface area contributed by atoms with Crippen molar-refractivity contribution in [3.05, 3.63) is 39.1 Å². The Kier molecular flexibility index (Phi) is 6.13. The molecule has 152 valence electrons. The van der Waals surface area contributed by atoms with Crippen molar-refractivity contribution in [3.8, 4) is 5.75 Å². The van der Waals surface area contributed by atoms with Crippen LogP contribution in [0.1, 0.15) is 41.3 Å². The molecule has 0 fully saturated rings. The van der Waals surface area contributed by atoms with E-state index in [0.29, 0.717) is 47.3 Å². The van der Waals surface area contributed by atoms with Crippen LogP contribution >= 0.6 is 0 Å². The van der Waals surface area contributed by atoms with Gasteiger partial charge in [-0.2, -0.15) is 0 Å². The Morgan fingerprint density at radius 1 is 1.32 bits per heavy atom. The summed E-state index contributed by atoms with van der Waals surface area (Å²) >= 11 is 0. The van der Waals surface area contributed by atoms with Crippen LogP contribution in [0.3, 0.4) is 0 Å². The van der Waals surface area contributed by atoms with Crippen LogP contribution < -0.4 is 15.6 Å². The van der Waals surface area contributed by atoms with Gasteiger partial charge in [0.25, 0.3) is 11.5 Å². The second-order valence-electron chi connectivity index (χ2n) is 7.45. The lowest BCUT2D eigenvalue weighted by atomic mass is 10.1. The highest BCUT2D eigenvalue weighted by Crippen LogP contribution is 2.23. The number of amides is 1. The number of fused-ring (bicyclic) bond motifs is 1. The molecule has 9 heteroatoms. The summed E-state index contributed by atoms with van der Waals surface area (Å²) < 4.78 is 11.7. The number of carbonyl (C=O) groups is 1. The molecule has 2 aromatic rings. The quantitative estimate of drug-likeness (QED) is 0.786. The summed E-state index contributed by atoms with van der Waals surface area (Å²) in [5, 5.41) is 10.3. The van der Waals surface area contributed by atoms with Gasteiger partial charge < -0.3 is 19.5 Å². The Hall–Kier alpha value is -2.68. The third kappa shape index (κ3) is 4.24. The number of rotatable bonds is 6. The molecule has 1 amide bonds. The first-order valence-corrected chi connectivity index (χ1v) is 9.50. The Morgan fingerprint density at radius 2 is 2.11 bits per heavy atom. The minimum Gasteiger partial charge on any atom is -0.496 e. The van der Waals surface area contributed by atoms with Crippen molar-refractivity contribution in [1.82, 2.24) is 25.1 Å². The van der Waals surface area contributed by atoms with E-state index in [-0.39, 0.29) is 18.0 Å². The van der Waals surface area contributed by atoms with E-state index in [1.807, 2.05) is 0 Å². The third-order valence-corrected chi connectivity index (χ3v) is 4.92. The molecule has 0 aliphatic carbocycles. The zero-order valence-electron chi connectivity index (χ0n) is 16.8. The van der Waals surface area contributed by atoms with Crippen molar-refractivity contribution in [3.63, 3.8) is 0 Å². The van der Waals surface area contributed by atoms with E-state index < -0.39 is 0 Å². The third-order valence-electron chi connectivity index (χ3n) is 4.92. The van der Waals surface area contributed by atoms with Gasteiger partial charge in [0.1, 0.15) is 22.7 Å². The molecule has 3 heterocycles. The number of aromatic nitrogens is 3. The summed E-state index contributed by atoms with van der Waals surface area (Å²) in [6.07, 6.45) is 0.604. The van der Waals surface area contributed by atoms with E-state index in [1.165, 1.54) is 13.2 Å². The molecule has 9 nitrogen and oxygen atoms in total. The van der Waals surface area contributed by atoms with E-state index in [0.717, 1.165) is 19.6 Å². The average Bonchev–Trinajstić information content (AvgIpc) is 2.94. The number of nitrogens with zero attached hydrogens (tertiary/aromatic N) is 4. The van der Waals surface area contributed by atoms with Gasteiger partial charge in [0.2, 0.25) is 0 Å². The minimum atomic E-state index is -0.305. The summed E-state index contributed by atoms with van der Waals surface area (Å²) in [6, 6.07) is 1.39. The van der Waals surface area contributed by atoms with Gasteiger partial charge in [0.05, 0.1) is 13.7 Å². The van der Waals surface area contributed by atoms with Crippen LogP contribution in [-0.2, 0) is 19.5 Å². The number of methoxy groups -OCH3 is 1. The standard InChI is InChI=1S/C19H27N5O4/c1-12(2)11-23-6-5-15-18(16(27-4)9-17(25)24(15)8-7-23)19(26)20-10-14-13(3)21-28-22-14/h9,12H,5-8,10-11H2,1-4H3,(H,20,26). The van der Waals surface area contributed by atoms with Gasteiger partial charge in [0.15, 0.2) is 0 Å². The fourth-order valence-corrected chi connectivity index (χ4v) is 3.56. The van der Waals surface area contributed by atoms with E-state index in [9.17, 15) is 9.59 Å². The molecule has 1 N–H and O–H groups in total. The highest BCUT2D eigenvalue weighted by Gasteiger charge is 2.25. The number of ether oxygens (including phenoxy) is 1. The topological polar surface area (TPSA) is 102 Å². The Balaban J connectivity index is 1.89. The summed E-state index contributed by atoms with van der Waals surface area (Å²) in [7, 11) is 1.47. The molecule has 2 aromatic heterocycles. The largest absolute Gasteiger partial charge is 0.496 e. The molecule has 0 atom stereocenters. The van der Waals surface area contributed by atoms with Crippen molar-refractivity contribution in [1.29, 1.82) is 0 Å². The fourth-order valence-electron chi connectivity index (χ4n) is 3.56. The summed E-state index contributed by atoms with van der Waals surface area (Å²) in [5.74, 6) is 0.524. The van der Waals surface area contributed by atoms with Crippen LogP contribution in [-0.4, -0.2) is 52.4 Å². The van der Waals surface area contributed by atoms with Gasteiger partial charge in [-0.15, -0.1) is 0 Å². The lowest BCUT2D eigenvalue weighted by Crippen LogP contribution is -2.32. The molecular formula is C19H27N5O4. The second-order valence-corrected chi connectivity index (χ2v) is 7.45. The fraction of sp³-hybridized carbons (Fsp3) is 0.579. The number of nitrogens with one attached hydrogen (secondary N) is 1. The van der Waals surface area contributed by atoms with Gasteiger partial charge in [-0.1, -0.05) is 24.2 Å². The van der Waals surface area contributed by atoms with E-state index in [4.69, 9.17) is 4.74 Å². The SMILES string of the molecule is COc1cc(=O)n2c(c1C(=O)NCc1nonc1C)CCN(CC(C)C)CC2. The van der Waals surface area contributed by atoms with Crippen LogP contribution in [0.2, 0.25) is 0 Å². The van der Waals surface area contributed by atoms with Crippen LogP contribution in [0, 0.1) is 12.8 Å². The van der Waals surface area contributed by atoms with Crippen molar-refractivity contribution in [2.24, 2.45) is 5.92 Å². The summed E-state index contributed by atoms with van der Waals surface area (Å²) in [6.45, 7) is 9.38. The van der Waals surface area contributed by atoms with Crippen LogP contribution in [0.15, 0.2) is 15.5 Å². The Bertz CT molecular complexity index is 902. The smallest absolute Gasteiger partial charge is 0.257 e. The van der Waals surface area contributed by atoms with Crippen LogP contribution in [0.4, 0.5) is 0 Å². The normalized spacial score (nSPS) is 14.6. The van der Waals surface area contributed by atoms with Crippen molar-refractivity contribution in [2.45, 2.75) is 40.3 Å². The number of carbonyl (C=O) groups excluding carboxylic acids is 1. The van der Waals surface area contributed by atoms with E-state index in [2.05, 4.69) is 39.0 Å². The van der Waals surface area contributed by atoms with Gasteiger partial charge in [-0.3, -0.25) is 9.59 Å². The van der Waals surface area contributed by atoms with Crippen molar-refractivity contribution >= 4 is 5.91 Å². The molecule has 0 aromatic carbocycles. The van der Waals surface area contributed by atoms with Gasteiger partial charge in [-0.05, 0) is 12.8 Å². The Morgan fingerprint density at radius 3 is 2.75 bits per heavy atom.